The van der Waals surface area contributed by atoms with E-state index in [4.69, 9.17) is 11.6 Å². The van der Waals surface area contributed by atoms with Crippen LogP contribution in [0.5, 0.6) is 0 Å². The van der Waals surface area contributed by atoms with Crippen LogP contribution in [0, 0.1) is 25.2 Å². The van der Waals surface area contributed by atoms with E-state index in [1.807, 2.05) is 19.1 Å². The maximum Gasteiger partial charge on any atom is 0.0994 e. The van der Waals surface area contributed by atoms with E-state index in [1.165, 1.54) is 16.7 Å². The van der Waals surface area contributed by atoms with Gasteiger partial charge in [0.1, 0.15) is 0 Å². The lowest BCUT2D eigenvalue weighted by Crippen LogP contribution is -1.99. The lowest BCUT2D eigenvalue weighted by atomic mass is 9.92. The molecule has 0 saturated heterocycles. The molecule has 25 heavy (non-hydrogen) atoms. The Hall–Kier alpha value is -2.30. The first kappa shape index (κ1) is 20.7. The topological polar surface area (TPSA) is 23.8 Å². The quantitative estimate of drug-likeness (QED) is 0.381. The van der Waals surface area contributed by atoms with E-state index < -0.39 is 0 Å². The molecule has 1 rings (SSSR count). The molecule has 1 aromatic carbocycles. The summed E-state index contributed by atoms with van der Waals surface area (Å²) in [7, 11) is 0. The molecule has 130 valence electrons. The molecule has 0 N–H and O–H groups in total. The minimum Gasteiger partial charge on any atom is -0.192 e. The molecule has 0 fully saturated rings. The van der Waals surface area contributed by atoms with Gasteiger partial charge in [-0.05, 0) is 55.5 Å². The molecule has 1 atom stereocenters. The van der Waals surface area contributed by atoms with E-state index in [2.05, 4.69) is 58.2 Å². The van der Waals surface area contributed by atoms with E-state index >= 15 is 0 Å². The Balaban J connectivity index is 3.09. The molecule has 0 amide bonds. The predicted molar refractivity (Wildman–Crippen MR) is 110 cm³/mol. The highest BCUT2D eigenvalue weighted by Gasteiger charge is 2.14. The first-order valence-corrected chi connectivity index (χ1v) is 8.71. The van der Waals surface area contributed by atoms with Crippen LogP contribution in [0.15, 0.2) is 77.4 Å². The Bertz CT molecular complexity index is 785. The van der Waals surface area contributed by atoms with Gasteiger partial charge in [0.15, 0.2) is 0 Å². The molecule has 0 aliphatic carbocycles. The van der Waals surface area contributed by atoms with Gasteiger partial charge < -0.3 is 0 Å². The highest BCUT2D eigenvalue weighted by molar-refractivity contribution is 6.30. The van der Waals surface area contributed by atoms with E-state index in [0.717, 1.165) is 16.2 Å². The number of nitrogens with zero attached hydrogens (tertiary/aromatic N) is 1. The molecule has 0 bridgehead atoms. The molecule has 0 aliphatic heterocycles. The van der Waals surface area contributed by atoms with Gasteiger partial charge in [0.2, 0.25) is 0 Å². The van der Waals surface area contributed by atoms with E-state index in [-0.39, 0.29) is 5.92 Å². The number of aryl methyl sites for hydroxylation is 2. The Morgan fingerprint density at radius 3 is 2.48 bits per heavy atom. The lowest BCUT2D eigenvalue weighted by molar-refractivity contribution is 0.916. The molecular formula is C23H26ClN. The fourth-order valence-electron chi connectivity index (χ4n) is 2.68. The van der Waals surface area contributed by atoms with Crippen molar-refractivity contribution in [2.45, 2.75) is 40.0 Å². The maximum absolute atomic E-state index is 9.18. The van der Waals surface area contributed by atoms with Gasteiger partial charge in [0.25, 0.3) is 0 Å². The molecule has 1 aromatic rings. The van der Waals surface area contributed by atoms with Gasteiger partial charge in [-0.25, -0.2) is 0 Å². The summed E-state index contributed by atoms with van der Waals surface area (Å²) in [5, 5.41) is 9.97. The summed E-state index contributed by atoms with van der Waals surface area (Å²) in [5.41, 5.74) is 6.14. The van der Waals surface area contributed by atoms with Crippen molar-refractivity contribution in [1.29, 1.82) is 5.26 Å². The fraction of sp³-hybridized carbons (Fsp3) is 0.261. The molecule has 2 heteroatoms. The van der Waals surface area contributed by atoms with Crippen molar-refractivity contribution < 1.29 is 0 Å². The number of allylic oxidation sites excluding steroid dienone is 8. The normalized spacial score (nSPS) is 14.4. The summed E-state index contributed by atoms with van der Waals surface area (Å²) in [6.07, 6.45) is 7.87. The molecule has 0 heterocycles. The van der Waals surface area contributed by atoms with E-state index in [0.29, 0.717) is 12.0 Å². The molecule has 0 saturated carbocycles. The van der Waals surface area contributed by atoms with Crippen molar-refractivity contribution in [1.82, 2.24) is 0 Å². The Kier molecular flexibility index (Phi) is 8.19. The van der Waals surface area contributed by atoms with Crippen molar-refractivity contribution >= 4 is 11.6 Å². The van der Waals surface area contributed by atoms with Crippen molar-refractivity contribution in [3.8, 4) is 6.07 Å². The molecule has 0 aromatic heterocycles. The highest BCUT2D eigenvalue weighted by atomic mass is 35.5. The molecule has 0 spiro atoms. The van der Waals surface area contributed by atoms with Gasteiger partial charge in [-0.15, -0.1) is 0 Å². The van der Waals surface area contributed by atoms with Crippen LogP contribution in [-0.4, -0.2) is 0 Å². The van der Waals surface area contributed by atoms with Crippen LogP contribution in [0.25, 0.3) is 0 Å². The van der Waals surface area contributed by atoms with Crippen molar-refractivity contribution in [3.05, 3.63) is 94.1 Å². The smallest absolute Gasteiger partial charge is 0.0994 e. The van der Waals surface area contributed by atoms with Gasteiger partial charge in [0.05, 0.1) is 11.6 Å². The van der Waals surface area contributed by atoms with Gasteiger partial charge in [-0.2, -0.15) is 5.26 Å². The average Bonchev–Trinajstić information content (AvgIpc) is 2.60. The van der Waals surface area contributed by atoms with Gasteiger partial charge in [-0.3, -0.25) is 0 Å². The third-order valence-corrected chi connectivity index (χ3v) is 4.87. The fourth-order valence-corrected chi connectivity index (χ4v) is 2.95. The van der Waals surface area contributed by atoms with Gasteiger partial charge in [0, 0.05) is 11.0 Å². The number of hydrogen-bond donors (Lipinski definition) is 0. The number of halogens is 1. The zero-order valence-corrected chi connectivity index (χ0v) is 16.3. The Morgan fingerprint density at radius 1 is 1.28 bits per heavy atom. The molecule has 0 aliphatic rings. The SMILES string of the molecule is C=C/C(C)=C(C#N)\C=C/C/C(C=C)=C(\Cl)C(C)c1ccc(C)cc1C. The minimum atomic E-state index is 0.101. The second-order valence-electron chi connectivity index (χ2n) is 6.18. The zero-order valence-electron chi connectivity index (χ0n) is 15.6. The monoisotopic (exact) mass is 351 g/mol. The maximum atomic E-state index is 9.18. The standard InChI is InChI=1S/C23H26ClN/c1-7-17(4)21(15-25)11-9-10-20(8-2)23(24)19(6)22-13-12-16(3)14-18(22)5/h7-9,11-14,19H,1-2,10H2,3-6H3/b11-9-,21-17+,23-20-. The van der Waals surface area contributed by atoms with Gasteiger partial charge >= 0.3 is 0 Å². The van der Waals surface area contributed by atoms with Crippen LogP contribution < -0.4 is 0 Å². The van der Waals surface area contributed by atoms with Crippen LogP contribution in [0.2, 0.25) is 0 Å². The van der Waals surface area contributed by atoms with Gasteiger partial charge in [-0.1, -0.05) is 73.7 Å². The van der Waals surface area contributed by atoms with Crippen molar-refractivity contribution in [3.63, 3.8) is 0 Å². The molecule has 0 radical (unpaired) electrons. The van der Waals surface area contributed by atoms with Crippen LogP contribution in [0.1, 0.15) is 42.9 Å². The zero-order chi connectivity index (χ0) is 19.0. The summed E-state index contributed by atoms with van der Waals surface area (Å²) in [5.74, 6) is 0.101. The predicted octanol–water partition coefficient (Wildman–Crippen LogP) is 7.06. The van der Waals surface area contributed by atoms with E-state index in [9.17, 15) is 5.26 Å². The second kappa shape index (κ2) is 9.87. The Labute approximate surface area is 157 Å². The second-order valence-corrected chi connectivity index (χ2v) is 6.59. The lowest BCUT2D eigenvalue weighted by Gasteiger charge is -2.17. The largest absolute Gasteiger partial charge is 0.192 e. The Morgan fingerprint density at radius 2 is 1.96 bits per heavy atom. The molecule has 1 unspecified atom stereocenters. The first-order valence-electron chi connectivity index (χ1n) is 8.33. The summed E-state index contributed by atoms with van der Waals surface area (Å²) in [6.45, 7) is 15.8. The molecular weight excluding hydrogens is 326 g/mol. The minimum absolute atomic E-state index is 0.101. The summed E-state index contributed by atoms with van der Waals surface area (Å²) < 4.78 is 0. The third-order valence-electron chi connectivity index (χ3n) is 4.30. The number of rotatable bonds is 7. The van der Waals surface area contributed by atoms with Crippen molar-refractivity contribution in [2.24, 2.45) is 0 Å². The van der Waals surface area contributed by atoms with E-state index in [1.54, 1.807) is 12.2 Å². The summed E-state index contributed by atoms with van der Waals surface area (Å²) in [6, 6.07) is 8.60. The highest BCUT2D eigenvalue weighted by Crippen LogP contribution is 2.33. The molecule has 1 nitrogen and oxygen atoms in total. The first-order chi connectivity index (χ1) is 11.8. The van der Waals surface area contributed by atoms with Crippen molar-refractivity contribution in [2.75, 3.05) is 0 Å². The van der Waals surface area contributed by atoms with Crippen LogP contribution in [0.3, 0.4) is 0 Å². The summed E-state index contributed by atoms with van der Waals surface area (Å²) in [4.78, 5) is 0. The number of nitriles is 1. The number of hydrogen-bond acceptors (Lipinski definition) is 1. The van der Waals surface area contributed by atoms with Crippen LogP contribution in [-0.2, 0) is 0 Å². The average molecular weight is 352 g/mol. The third kappa shape index (κ3) is 5.62. The van der Waals surface area contributed by atoms with Crippen LogP contribution >= 0.6 is 11.6 Å². The summed E-state index contributed by atoms with van der Waals surface area (Å²) >= 11 is 6.66. The van der Waals surface area contributed by atoms with Crippen LogP contribution in [0.4, 0.5) is 0 Å². The number of benzene rings is 1.